The Balaban J connectivity index is 1.71. The average Bonchev–Trinajstić information content (AvgIpc) is 3.01. The van der Waals surface area contributed by atoms with E-state index in [2.05, 4.69) is 24.3 Å². The Morgan fingerprint density at radius 2 is 1.96 bits per heavy atom. The molecule has 1 atom stereocenters. The van der Waals surface area contributed by atoms with E-state index in [1.165, 1.54) is 11.3 Å². The molecular weight excluding hydrogens is 340 g/mol. The molecule has 1 aliphatic heterocycles. The molecule has 1 amide bonds. The Morgan fingerprint density at radius 1 is 1.22 bits per heavy atom. The Morgan fingerprint density at radius 3 is 2.59 bits per heavy atom. The molecule has 0 saturated carbocycles. The van der Waals surface area contributed by atoms with Crippen molar-refractivity contribution in [1.29, 1.82) is 0 Å². The van der Waals surface area contributed by atoms with E-state index in [1.807, 2.05) is 40.9 Å². The molecule has 146 valence electrons. The van der Waals surface area contributed by atoms with E-state index in [0.29, 0.717) is 6.54 Å². The van der Waals surface area contributed by atoms with Crippen molar-refractivity contribution in [2.24, 2.45) is 7.05 Å². The van der Waals surface area contributed by atoms with Gasteiger partial charge < -0.3 is 15.0 Å². The predicted molar refractivity (Wildman–Crippen MR) is 107 cm³/mol. The van der Waals surface area contributed by atoms with Crippen molar-refractivity contribution in [2.45, 2.75) is 52.1 Å². The van der Waals surface area contributed by atoms with Crippen LogP contribution in [0.5, 0.6) is 5.75 Å². The van der Waals surface area contributed by atoms with Gasteiger partial charge in [-0.3, -0.25) is 9.48 Å². The van der Waals surface area contributed by atoms with Crippen molar-refractivity contribution >= 4 is 11.6 Å². The topological polar surface area (TPSA) is 59.4 Å². The zero-order valence-electron chi connectivity index (χ0n) is 16.8. The third kappa shape index (κ3) is 4.00. The highest BCUT2D eigenvalue weighted by atomic mass is 16.5. The molecule has 1 unspecified atom stereocenters. The number of hydrogen-bond acceptors (Lipinski definition) is 4. The van der Waals surface area contributed by atoms with Gasteiger partial charge >= 0.3 is 0 Å². The highest BCUT2D eigenvalue weighted by molar-refractivity contribution is 5.98. The first-order valence-electron chi connectivity index (χ1n) is 9.81. The lowest BCUT2D eigenvalue weighted by atomic mass is 10.0. The smallest absolute Gasteiger partial charge is 0.244 e. The van der Waals surface area contributed by atoms with Crippen LogP contribution in [0.3, 0.4) is 0 Å². The van der Waals surface area contributed by atoms with Crippen LogP contribution >= 0.6 is 0 Å². The SMILES string of the molecule is CCc1nn(C)c(CC)c1CNC1CCCN(c2ccc(OC)cc2)C1=O. The van der Waals surface area contributed by atoms with Crippen molar-refractivity contribution in [3.8, 4) is 5.75 Å². The maximum absolute atomic E-state index is 13.0. The fourth-order valence-corrected chi connectivity index (χ4v) is 3.90. The van der Waals surface area contributed by atoms with E-state index in [-0.39, 0.29) is 11.9 Å². The average molecular weight is 370 g/mol. The number of nitrogens with one attached hydrogen (secondary N) is 1. The molecule has 1 N–H and O–H groups in total. The molecule has 1 fully saturated rings. The Hall–Kier alpha value is -2.34. The van der Waals surface area contributed by atoms with Crippen LogP contribution in [0.25, 0.3) is 0 Å². The molecule has 6 heteroatoms. The first kappa shape index (κ1) is 19.4. The standard InChI is InChI=1S/C21H30N4O2/c1-5-18-17(20(6-2)24(3)23-18)14-22-19-8-7-13-25(21(19)26)15-9-11-16(27-4)12-10-15/h9-12,19,22H,5-8,13-14H2,1-4H3. The third-order valence-corrected chi connectivity index (χ3v) is 5.38. The van der Waals surface area contributed by atoms with Gasteiger partial charge in [0.25, 0.3) is 0 Å². The zero-order chi connectivity index (χ0) is 19.4. The number of carbonyl (C=O) groups is 1. The van der Waals surface area contributed by atoms with Crippen LogP contribution in [0.4, 0.5) is 5.69 Å². The second kappa shape index (κ2) is 8.57. The van der Waals surface area contributed by atoms with Crippen molar-refractivity contribution < 1.29 is 9.53 Å². The van der Waals surface area contributed by atoms with Crippen molar-refractivity contribution in [1.82, 2.24) is 15.1 Å². The molecule has 2 aromatic rings. The summed E-state index contributed by atoms with van der Waals surface area (Å²) in [5.41, 5.74) is 4.54. The highest BCUT2D eigenvalue weighted by Gasteiger charge is 2.29. The third-order valence-electron chi connectivity index (χ3n) is 5.38. The Bertz CT molecular complexity index is 782. The molecule has 0 aliphatic carbocycles. The molecule has 1 aromatic heterocycles. The van der Waals surface area contributed by atoms with Gasteiger partial charge in [-0.05, 0) is 49.9 Å². The minimum atomic E-state index is -0.157. The molecule has 0 radical (unpaired) electrons. The number of piperidine rings is 1. The van der Waals surface area contributed by atoms with Crippen molar-refractivity contribution in [3.63, 3.8) is 0 Å². The van der Waals surface area contributed by atoms with Gasteiger partial charge in [0, 0.05) is 37.1 Å². The van der Waals surface area contributed by atoms with E-state index in [9.17, 15) is 4.79 Å². The number of benzene rings is 1. The summed E-state index contributed by atoms with van der Waals surface area (Å²) in [6.45, 7) is 5.73. The van der Waals surface area contributed by atoms with Crippen molar-refractivity contribution in [3.05, 3.63) is 41.2 Å². The van der Waals surface area contributed by atoms with Gasteiger partial charge in [0.15, 0.2) is 0 Å². The minimum absolute atomic E-state index is 0.145. The van der Waals surface area contributed by atoms with E-state index in [4.69, 9.17) is 4.74 Å². The fraction of sp³-hybridized carbons (Fsp3) is 0.524. The van der Waals surface area contributed by atoms with E-state index < -0.39 is 0 Å². The normalized spacial score (nSPS) is 17.4. The predicted octanol–water partition coefficient (Wildman–Crippen LogP) is 2.84. The number of amides is 1. The van der Waals surface area contributed by atoms with Crippen LogP contribution in [-0.4, -0.2) is 35.4 Å². The lowest BCUT2D eigenvalue weighted by Gasteiger charge is -2.33. The van der Waals surface area contributed by atoms with Gasteiger partial charge in [-0.2, -0.15) is 5.10 Å². The van der Waals surface area contributed by atoms with Gasteiger partial charge in [-0.25, -0.2) is 0 Å². The second-order valence-corrected chi connectivity index (χ2v) is 6.97. The van der Waals surface area contributed by atoms with Gasteiger partial charge in [-0.1, -0.05) is 13.8 Å². The first-order chi connectivity index (χ1) is 13.1. The van der Waals surface area contributed by atoms with Gasteiger partial charge in [0.2, 0.25) is 5.91 Å². The summed E-state index contributed by atoms with van der Waals surface area (Å²) in [4.78, 5) is 14.9. The van der Waals surface area contributed by atoms with Gasteiger partial charge in [0.1, 0.15) is 5.75 Å². The molecule has 0 spiro atoms. The number of carbonyl (C=O) groups excluding carboxylic acids is 1. The number of hydrogen-bond donors (Lipinski definition) is 1. The summed E-state index contributed by atoms with van der Waals surface area (Å²) >= 11 is 0. The summed E-state index contributed by atoms with van der Waals surface area (Å²) in [5.74, 6) is 0.944. The lowest BCUT2D eigenvalue weighted by molar-refractivity contribution is -0.121. The number of nitrogens with zero attached hydrogens (tertiary/aromatic N) is 3. The number of ether oxygens (including phenoxy) is 1. The molecule has 27 heavy (non-hydrogen) atoms. The van der Waals surface area contributed by atoms with Gasteiger partial charge in [0.05, 0.1) is 18.8 Å². The van der Waals surface area contributed by atoms with Crippen LogP contribution in [0.1, 0.15) is 43.6 Å². The van der Waals surface area contributed by atoms with E-state index in [1.54, 1.807) is 7.11 Å². The van der Waals surface area contributed by atoms with Crippen LogP contribution in [-0.2, 0) is 31.2 Å². The Labute approximate surface area is 161 Å². The summed E-state index contributed by atoms with van der Waals surface area (Å²) in [5, 5.41) is 8.13. The summed E-state index contributed by atoms with van der Waals surface area (Å²) in [6.07, 6.45) is 3.71. The lowest BCUT2D eigenvalue weighted by Crippen LogP contribution is -2.50. The number of aryl methyl sites for hydroxylation is 2. The molecular formula is C21H30N4O2. The van der Waals surface area contributed by atoms with E-state index >= 15 is 0 Å². The zero-order valence-corrected chi connectivity index (χ0v) is 16.8. The summed E-state index contributed by atoms with van der Waals surface area (Å²) in [7, 11) is 3.65. The number of methoxy groups -OCH3 is 1. The number of rotatable bonds is 7. The number of anilines is 1. The Kier molecular flexibility index (Phi) is 6.16. The molecule has 2 heterocycles. The molecule has 3 rings (SSSR count). The maximum atomic E-state index is 13.0. The van der Waals surface area contributed by atoms with Crippen LogP contribution < -0.4 is 15.0 Å². The molecule has 1 saturated heterocycles. The molecule has 6 nitrogen and oxygen atoms in total. The summed E-state index contributed by atoms with van der Waals surface area (Å²) < 4.78 is 7.19. The van der Waals surface area contributed by atoms with Crippen LogP contribution in [0, 0.1) is 0 Å². The van der Waals surface area contributed by atoms with Gasteiger partial charge in [-0.15, -0.1) is 0 Å². The highest BCUT2D eigenvalue weighted by Crippen LogP contribution is 2.24. The van der Waals surface area contributed by atoms with Crippen LogP contribution in [0.2, 0.25) is 0 Å². The fourth-order valence-electron chi connectivity index (χ4n) is 3.90. The first-order valence-corrected chi connectivity index (χ1v) is 9.81. The molecule has 1 aliphatic rings. The van der Waals surface area contributed by atoms with Crippen molar-refractivity contribution in [2.75, 3.05) is 18.6 Å². The number of aromatic nitrogens is 2. The maximum Gasteiger partial charge on any atom is 0.244 e. The monoisotopic (exact) mass is 370 g/mol. The largest absolute Gasteiger partial charge is 0.497 e. The quantitative estimate of drug-likeness (QED) is 0.814. The molecule has 1 aromatic carbocycles. The van der Waals surface area contributed by atoms with E-state index in [0.717, 1.165) is 49.4 Å². The summed E-state index contributed by atoms with van der Waals surface area (Å²) in [6, 6.07) is 7.54. The molecule has 0 bridgehead atoms. The second-order valence-electron chi connectivity index (χ2n) is 6.97. The minimum Gasteiger partial charge on any atom is -0.497 e. The van der Waals surface area contributed by atoms with Crippen LogP contribution in [0.15, 0.2) is 24.3 Å².